The van der Waals surface area contributed by atoms with Gasteiger partial charge in [0.1, 0.15) is 0 Å². The number of hydrogen-bond donors (Lipinski definition) is 1. The van der Waals surface area contributed by atoms with Crippen molar-refractivity contribution in [3.63, 3.8) is 0 Å². The molecular weight excluding hydrogens is 268 g/mol. The molecule has 0 aliphatic carbocycles. The molecule has 0 amide bonds. The molecule has 2 nitrogen and oxygen atoms in total. The van der Waals surface area contributed by atoms with Crippen LogP contribution in [0.1, 0.15) is 0 Å². The van der Waals surface area contributed by atoms with E-state index in [4.69, 9.17) is 4.98 Å². The summed E-state index contributed by atoms with van der Waals surface area (Å²) in [5, 5.41) is 6.91. The van der Waals surface area contributed by atoms with Crippen LogP contribution in [0.2, 0.25) is 0 Å². The van der Waals surface area contributed by atoms with Gasteiger partial charge in [-0.1, -0.05) is 54.6 Å². The first kappa shape index (κ1) is 12.8. The second-order valence-electron chi connectivity index (χ2n) is 5.38. The lowest BCUT2D eigenvalue weighted by atomic mass is 10.0. The highest BCUT2D eigenvalue weighted by molar-refractivity contribution is 5.94. The molecule has 22 heavy (non-hydrogen) atoms. The van der Waals surface area contributed by atoms with Gasteiger partial charge in [-0.25, -0.2) is 4.98 Å². The van der Waals surface area contributed by atoms with Crippen molar-refractivity contribution in [2.45, 2.75) is 0 Å². The maximum atomic E-state index is 4.82. The molecule has 0 aliphatic heterocycles. The number of aromatic nitrogens is 1. The first-order valence-corrected chi connectivity index (χ1v) is 7.42. The first-order chi connectivity index (χ1) is 10.8. The van der Waals surface area contributed by atoms with Crippen molar-refractivity contribution in [2.75, 3.05) is 12.4 Å². The van der Waals surface area contributed by atoms with E-state index >= 15 is 0 Å². The van der Waals surface area contributed by atoms with Crippen LogP contribution in [0.4, 0.5) is 5.69 Å². The molecule has 0 saturated carbocycles. The van der Waals surface area contributed by atoms with E-state index in [1.807, 2.05) is 19.2 Å². The average Bonchev–Trinajstić information content (AvgIpc) is 2.60. The molecule has 4 rings (SSSR count). The highest BCUT2D eigenvalue weighted by atomic mass is 14.8. The quantitative estimate of drug-likeness (QED) is 0.554. The molecule has 0 saturated heterocycles. The van der Waals surface area contributed by atoms with E-state index in [-0.39, 0.29) is 0 Å². The summed E-state index contributed by atoms with van der Waals surface area (Å²) in [7, 11) is 1.95. The van der Waals surface area contributed by atoms with E-state index in [2.05, 4.69) is 66.0 Å². The van der Waals surface area contributed by atoms with E-state index in [9.17, 15) is 0 Å². The van der Waals surface area contributed by atoms with Gasteiger partial charge in [-0.3, -0.25) is 0 Å². The smallest absolute Gasteiger partial charge is 0.0730 e. The number of pyridine rings is 1. The number of fused-ring (bicyclic) bond motifs is 2. The van der Waals surface area contributed by atoms with Gasteiger partial charge in [0.05, 0.1) is 11.2 Å². The Morgan fingerprint density at radius 2 is 1.55 bits per heavy atom. The number of nitrogens with zero attached hydrogens (tertiary/aromatic N) is 1. The Bertz CT molecular complexity index is 973. The van der Waals surface area contributed by atoms with Gasteiger partial charge in [0.25, 0.3) is 0 Å². The first-order valence-electron chi connectivity index (χ1n) is 7.42. The van der Waals surface area contributed by atoms with Gasteiger partial charge in [-0.2, -0.15) is 0 Å². The molecule has 0 radical (unpaired) electrons. The average molecular weight is 284 g/mol. The predicted octanol–water partition coefficient (Wildman–Crippen LogP) is 5.10. The predicted molar refractivity (Wildman–Crippen MR) is 94.2 cm³/mol. The normalized spacial score (nSPS) is 11.0. The fraction of sp³-hybridized carbons (Fsp3) is 0.0500. The third-order valence-corrected chi connectivity index (χ3v) is 4.03. The minimum Gasteiger partial charge on any atom is -0.388 e. The second kappa shape index (κ2) is 5.15. The van der Waals surface area contributed by atoms with Gasteiger partial charge in [-0.05, 0) is 29.0 Å². The lowest BCUT2D eigenvalue weighted by Gasteiger charge is -2.10. The summed E-state index contributed by atoms with van der Waals surface area (Å²) < 4.78 is 0. The maximum absolute atomic E-state index is 4.82. The van der Waals surface area contributed by atoms with E-state index in [1.165, 1.54) is 10.8 Å². The summed E-state index contributed by atoms with van der Waals surface area (Å²) in [6, 6.07) is 25.2. The van der Waals surface area contributed by atoms with Crippen molar-refractivity contribution >= 4 is 27.4 Å². The number of anilines is 1. The number of benzene rings is 3. The highest BCUT2D eigenvalue weighted by Crippen LogP contribution is 2.29. The van der Waals surface area contributed by atoms with Crippen molar-refractivity contribution in [3.8, 4) is 11.3 Å². The van der Waals surface area contributed by atoms with Crippen LogP contribution in [0.25, 0.3) is 32.9 Å². The summed E-state index contributed by atoms with van der Waals surface area (Å²) in [4.78, 5) is 4.82. The van der Waals surface area contributed by atoms with Crippen molar-refractivity contribution in [2.24, 2.45) is 0 Å². The van der Waals surface area contributed by atoms with Crippen LogP contribution < -0.4 is 5.32 Å². The van der Waals surface area contributed by atoms with Crippen LogP contribution in [0, 0.1) is 0 Å². The Morgan fingerprint density at radius 1 is 0.773 bits per heavy atom. The molecule has 0 bridgehead atoms. The number of rotatable bonds is 2. The van der Waals surface area contributed by atoms with E-state index in [0.29, 0.717) is 0 Å². The molecule has 2 heteroatoms. The third-order valence-electron chi connectivity index (χ3n) is 4.03. The number of para-hydroxylation sites is 1. The Kier molecular flexibility index (Phi) is 3.01. The molecule has 1 aromatic heterocycles. The summed E-state index contributed by atoms with van der Waals surface area (Å²) in [6.45, 7) is 0. The van der Waals surface area contributed by atoms with E-state index in [1.54, 1.807) is 0 Å². The Hall–Kier alpha value is -2.87. The van der Waals surface area contributed by atoms with Crippen LogP contribution in [-0.4, -0.2) is 12.0 Å². The van der Waals surface area contributed by atoms with E-state index < -0.39 is 0 Å². The zero-order valence-electron chi connectivity index (χ0n) is 12.4. The largest absolute Gasteiger partial charge is 0.388 e. The van der Waals surface area contributed by atoms with Crippen molar-refractivity contribution in [1.82, 2.24) is 4.98 Å². The fourth-order valence-electron chi connectivity index (χ4n) is 2.88. The summed E-state index contributed by atoms with van der Waals surface area (Å²) in [5.41, 5.74) is 4.25. The monoisotopic (exact) mass is 284 g/mol. The molecule has 0 aliphatic rings. The zero-order valence-corrected chi connectivity index (χ0v) is 12.4. The molecule has 0 unspecified atom stereocenters. The minimum absolute atomic E-state index is 0.994. The molecule has 106 valence electrons. The molecular formula is C20H16N2. The third kappa shape index (κ3) is 2.09. The lowest BCUT2D eigenvalue weighted by Crippen LogP contribution is -1.93. The number of hydrogen-bond acceptors (Lipinski definition) is 2. The fourth-order valence-corrected chi connectivity index (χ4v) is 2.88. The Balaban J connectivity index is 1.95. The minimum atomic E-state index is 0.994. The summed E-state index contributed by atoms with van der Waals surface area (Å²) in [5.74, 6) is 0. The van der Waals surface area contributed by atoms with Gasteiger partial charge >= 0.3 is 0 Å². The SMILES string of the molecule is CNc1cc(-c2ccc3ccccc3c2)nc2ccccc12. The molecule has 1 heterocycles. The summed E-state index contributed by atoms with van der Waals surface area (Å²) >= 11 is 0. The van der Waals surface area contributed by atoms with Gasteiger partial charge in [0.15, 0.2) is 0 Å². The zero-order chi connectivity index (χ0) is 14.9. The maximum Gasteiger partial charge on any atom is 0.0730 e. The van der Waals surface area contributed by atoms with Crippen molar-refractivity contribution < 1.29 is 0 Å². The molecule has 0 spiro atoms. The summed E-state index contributed by atoms with van der Waals surface area (Å²) in [6.07, 6.45) is 0. The molecule has 0 fully saturated rings. The Morgan fingerprint density at radius 3 is 2.41 bits per heavy atom. The van der Waals surface area contributed by atoms with Crippen molar-refractivity contribution in [1.29, 1.82) is 0 Å². The van der Waals surface area contributed by atoms with Gasteiger partial charge < -0.3 is 5.32 Å². The van der Waals surface area contributed by atoms with Crippen LogP contribution in [0.5, 0.6) is 0 Å². The van der Waals surface area contributed by atoms with Gasteiger partial charge in [0.2, 0.25) is 0 Å². The number of nitrogens with one attached hydrogen (secondary N) is 1. The van der Waals surface area contributed by atoms with Crippen LogP contribution in [0.15, 0.2) is 72.8 Å². The second-order valence-corrected chi connectivity index (χ2v) is 5.38. The van der Waals surface area contributed by atoms with Crippen molar-refractivity contribution in [3.05, 3.63) is 72.8 Å². The highest BCUT2D eigenvalue weighted by Gasteiger charge is 2.07. The van der Waals surface area contributed by atoms with Crippen LogP contribution in [-0.2, 0) is 0 Å². The standard InChI is InChI=1S/C20H16N2/c1-21-20-13-19(22-18-9-5-4-8-17(18)20)16-11-10-14-6-2-3-7-15(14)12-16/h2-13H,1H3,(H,21,22). The molecule has 1 N–H and O–H groups in total. The van der Waals surface area contributed by atoms with Crippen LogP contribution >= 0.6 is 0 Å². The van der Waals surface area contributed by atoms with Gasteiger partial charge in [0, 0.05) is 23.7 Å². The van der Waals surface area contributed by atoms with Gasteiger partial charge in [-0.15, -0.1) is 0 Å². The topological polar surface area (TPSA) is 24.9 Å². The van der Waals surface area contributed by atoms with Crippen LogP contribution in [0.3, 0.4) is 0 Å². The molecule has 4 aromatic rings. The van der Waals surface area contributed by atoms with E-state index in [0.717, 1.165) is 27.8 Å². The molecule has 3 aromatic carbocycles. The Labute approximate surface area is 129 Å². The lowest BCUT2D eigenvalue weighted by molar-refractivity contribution is 1.39. The molecule has 0 atom stereocenters.